The number of para-hydroxylation sites is 2. The molecule has 1 aromatic carbocycles. The number of fused-ring (bicyclic) bond motifs is 1. The molecule has 0 spiro atoms. The summed E-state index contributed by atoms with van der Waals surface area (Å²) in [5.74, 6) is 1.09. The zero-order chi connectivity index (χ0) is 11.5. The van der Waals surface area contributed by atoms with Crippen molar-refractivity contribution in [1.82, 2.24) is 14.5 Å². The van der Waals surface area contributed by atoms with Crippen molar-refractivity contribution >= 4 is 11.0 Å². The van der Waals surface area contributed by atoms with Crippen LogP contribution in [0.4, 0.5) is 0 Å². The Morgan fingerprint density at radius 3 is 2.81 bits per heavy atom. The first-order chi connectivity index (χ1) is 7.72. The van der Waals surface area contributed by atoms with Gasteiger partial charge in [-0.3, -0.25) is 0 Å². The van der Waals surface area contributed by atoms with Gasteiger partial charge in [-0.05, 0) is 26.2 Å². The molecule has 0 unspecified atom stereocenters. The van der Waals surface area contributed by atoms with Crippen LogP contribution in [0, 0.1) is 0 Å². The summed E-state index contributed by atoms with van der Waals surface area (Å²) in [5, 5.41) is 0. The van der Waals surface area contributed by atoms with Crippen LogP contribution in [0.1, 0.15) is 5.82 Å². The smallest absolute Gasteiger partial charge is 0.124 e. The molecule has 3 nitrogen and oxygen atoms in total. The van der Waals surface area contributed by atoms with Gasteiger partial charge in [0.15, 0.2) is 0 Å². The van der Waals surface area contributed by atoms with Crippen molar-refractivity contribution in [3.63, 3.8) is 0 Å². The average molecular weight is 215 g/mol. The Labute approximate surface area is 96.0 Å². The van der Waals surface area contributed by atoms with Crippen LogP contribution in [0.25, 0.3) is 11.0 Å². The van der Waals surface area contributed by atoms with E-state index < -0.39 is 0 Å². The molecule has 1 aromatic heterocycles. The Kier molecular flexibility index (Phi) is 3.06. The highest BCUT2D eigenvalue weighted by Crippen LogP contribution is 2.16. The van der Waals surface area contributed by atoms with Crippen LogP contribution in [0.2, 0.25) is 0 Å². The first kappa shape index (κ1) is 10.9. The molecule has 0 aliphatic carbocycles. The molecule has 0 aliphatic rings. The third-order valence-electron chi connectivity index (χ3n) is 2.50. The van der Waals surface area contributed by atoms with E-state index in [1.807, 2.05) is 24.3 Å². The number of hydrogen-bond donors (Lipinski definition) is 0. The second-order valence-electron chi connectivity index (χ2n) is 4.15. The SMILES string of the molecule is C=CCn1c(CN(C)C)nc2ccccc21. The van der Waals surface area contributed by atoms with E-state index in [-0.39, 0.29) is 0 Å². The zero-order valence-corrected chi connectivity index (χ0v) is 9.85. The molecule has 0 N–H and O–H groups in total. The molecule has 0 bridgehead atoms. The molecule has 2 rings (SSSR count). The first-order valence-electron chi connectivity index (χ1n) is 5.42. The third-order valence-corrected chi connectivity index (χ3v) is 2.50. The van der Waals surface area contributed by atoms with E-state index >= 15 is 0 Å². The van der Waals surface area contributed by atoms with Gasteiger partial charge < -0.3 is 9.47 Å². The molecule has 84 valence electrons. The van der Waals surface area contributed by atoms with Crippen molar-refractivity contribution < 1.29 is 0 Å². The van der Waals surface area contributed by atoms with Gasteiger partial charge in [0.2, 0.25) is 0 Å². The molecule has 0 aliphatic heterocycles. The van der Waals surface area contributed by atoms with Crippen LogP contribution < -0.4 is 0 Å². The van der Waals surface area contributed by atoms with Crippen LogP contribution in [0.3, 0.4) is 0 Å². The molecule has 0 fully saturated rings. The lowest BCUT2D eigenvalue weighted by molar-refractivity contribution is 0.384. The quantitative estimate of drug-likeness (QED) is 0.730. The maximum Gasteiger partial charge on any atom is 0.124 e. The molecular formula is C13H17N3. The summed E-state index contributed by atoms with van der Waals surface area (Å²) >= 11 is 0. The molecular weight excluding hydrogens is 198 g/mol. The van der Waals surface area contributed by atoms with Gasteiger partial charge in [0.25, 0.3) is 0 Å². The number of allylic oxidation sites excluding steroid dienone is 1. The van der Waals surface area contributed by atoms with E-state index in [0.29, 0.717) is 0 Å². The predicted molar refractivity (Wildman–Crippen MR) is 67.3 cm³/mol. The van der Waals surface area contributed by atoms with E-state index in [4.69, 9.17) is 0 Å². The van der Waals surface area contributed by atoms with Crippen molar-refractivity contribution in [2.45, 2.75) is 13.1 Å². The van der Waals surface area contributed by atoms with Crippen LogP contribution in [-0.4, -0.2) is 28.5 Å². The van der Waals surface area contributed by atoms with Gasteiger partial charge in [0, 0.05) is 6.54 Å². The average Bonchev–Trinajstić information content (AvgIpc) is 2.57. The number of nitrogens with zero attached hydrogens (tertiary/aromatic N) is 3. The summed E-state index contributed by atoms with van der Waals surface area (Å²) in [6.45, 7) is 5.46. The summed E-state index contributed by atoms with van der Waals surface area (Å²) in [6, 6.07) is 8.22. The van der Waals surface area contributed by atoms with E-state index in [0.717, 1.165) is 24.4 Å². The molecule has 0 radical (unpaired) electrons. The lowest BCUT2D eigenvalue weighted by Crippen LogP contribution is -2.15. The van der Waals surface area contributed by atoms with E-state index in [9.17, 15) is 0 Å². The van der Waals surface area contributed by atoms with Gasteiger partial charge in [-0.25, -0.2) is 4.98 Å². The van der Waals surface area contributed by atoms with Crippen molar-refractivity contribution in [2.24, 2.45) is 0 Å². The maximum atomic E-state index is 4.64. The van der Waals surface area contributed by atoms with Crippen molar-refractivity contribution in [3.8, 4) is 0 Å². The number of benzene rings is 1. The summed E-state index contributed by atoms with van der Waals surface area (Å²) in [6.07, 6.45) is 1.91. The molecule has 0 amide bonds. The molecule has 0 saturated heterocycles. The molecule has 0 atom stereocenters. The predicted octanol–water partition coefficient (Wildman–Crippen LogP) is 2.28. The largest absolute Gasteiger partial charge is 0.323 e. The monoisotopic (exact) mass is 215 g/mol. The number of aromatic nitrogens is 2. The molecule has 16 heavy (non-hydrogen) atoms. The topological polar surface area (TPSA) is 21.1 Å². The van der Waals surface area contributed by atoms with Gasteiger partial charge in [-0.15, -0.1) is 6.58 Å². The summed E-state index contributed by atoms with van der Waals surface area (Å²) < 4.78 is 2.21. The lowest BCUT2D eigenvalue weighted by Gasteiger charge is -2.11. The number of rotatable bonds is 4. The summed E-state index contributed by atoms with van der Waals surface area (Å²) in [4.78, 5) is 6.77. The fraction of sp³-hybridized carbons (Fsp3) is 0.308. The van der Waals surface area contributed by atoms with Crippen LogP contribution in [0.5, 0.6) is 0 Å². The fourth-order valence-corrected chi connectivity index (χ4v) is 1.86. The molecule has 3 heteroatoms. The van der Waals surface area contributed by atoms with Crippen molar-refractivity contribution in [1.29, 1.82) is 0 Å². The van der Waals surface area contributed by atoms with E-state index in [1.165, 1.54) is 5.52 Å². The van der Waals surface area contributed by atoms with Crippen molar-refractivity contribution in [3.05, 3.63) is 42.7 Å². The fourth-order valence-electron chi connectivity index (χ4n) is 1.86. The number of imidazole rings is 1. The van der Waals surface area contributed by atoms with E-state index in [1.54, 1.807) is 0 Å². The Morgan fingerprint density at radius 1 is 1.38 bits per heavy atom. The molecule has 1 heterocycles. The summed E-state index contributed by atoms with van der Waals surface area (Å²) in [7, 11) is 4.11. The van der Waals surface area contributed by atoms with Gasteiger partial charge in [0.1, 0.15) is 5.82 Å². The van der Waals surface area contributed by atoms with Crippen LogP contribution in [-0.2, 0) is 13.1 Å². The van der Waals surface area contributed by atoms with Crippen LogP contribution >= 0.6 is 0 Å². The highest BCUT2D eigenvalue weighted by Gasteiger charge is 2.09. The number of hydrogen-bond acceptors (Lipinski definition) is 2. The second kappa shape index (κ2) is 4.49. The normalized spacial score (nSPS) is 11.2. The van der Waals surface area contributed by atoms with Crippen LogP contribution in [0.15, 0.2) is 36.9 Å². The first-order valence-corrected chi connectivity index (χ1v) is 5.42. The highest BCUT2D eigenvalue weighted by molar-refractivity contribution is 5.75. The van der Waals surface area contributed by atoms with E-state index in [2.05, 4.69) is 41.2 Å². The highest BCUT2D eigenvalue weighted by atomic mass is 15.1. The Hall–Kier alpha value is -1.61. The minimum atomic E-state index is 0.809. The standard InChI is InChI=1S/C13H17N3/c1-4-9-16-12-8-6-5-7-11(12)14-13(16)10-15(2)3/h4-8H,1,9-10H2,2-3H3. The molecule has 0 saturated carbocycles. The van der Waals surface area contributed by atoms with Gasteiger partial charge >= 0.3 is 0 Å². The minimum Gasteiger partial charge on any atom is -0.323 e. The second-order valence-corrected chi connectivity index (χ2v) is 4.15. The third kappa shape index (κ3) is 1.99. The lowest BCUT2D eigenvalue weighted by atomic mass is 10.3. The zero-order valence-electron chi connectivity index (χ0n) is 9.85. The van der Waals surface area contributed by atoms with Gasteiger partial charge in [0.05, 0.1) is 17.6 Å². The van der Waals surface area contributed by atoms with Gasteiger partial charge in [-0.2, -0.15) is 0 Å². The summed E-state index contributed by atoms with van der Waals surface area (Å²) in [5.41, 5.74) is 2.24. The maximum absolute atomic E-state index is 4.64. The minimum absolute atomic E-state index is 0.809. The van der Waals surface area contributed by atoms with Gasteiger partial charge in [-0.1, -0.05) is 18.2 Å². The molecule has 2 aromatic rings. The Morgan fingerprint density at radius 2 is 2.12 bits per heavy atom. The Balaban J connectivity index is 2.53. The van der Waals surface area contributed by atoms with Crippen molar-refractivity contribution in [2.75, 3.05) is 14.1 Å². The Bertz CT molecular complexity index is 497.